The summed E-state index contributed by atoms with van der Waals surface area (Å²) in [6, 6.07) is 17.3. The van der Waals surface area contributed by atoms with Crippen molar-refractivity contribution >= 4 is 39.9 Å². The number of nitrogens with zero attached hydrogens (tertiary/aromatic N) is 5. The Hall–Kier alpha value is -5.16. The number of rotatable bonds is 7. The van der Waals surface area contributed by atoms with Gasteiger partial charge in [0.05, 0.1) is 24.4 Å². The van der Waals surface area contributed by atoms with E-state index in [9.17, 15) is 14.0 Å². The zero-order chi connectivity index (χ0) is 31.7. The predicted octanol–water partition coefficient (Wildman–Crippen LogP) is 6.07. The number of nitrogens with one attached hydrogen (secondary N) is 2. The average molecular weight is 608 g/mol. The van der Waals surface area contributed by atoms with Gasteiger partial charge in [0.15, 0.2) is 5.82 Å². The predicted molar refractivity (Wildman–Crippen MR) is 173 cm³/mol. The number of aromatic nitrogens is 4. The molecule has 230 valence electrons. The van der Waals surface area contributed by atoms with E-state index in [1.807, 2.05) is 30.8 Å². The van der Waals surface area contributed by atoms with Crippen LogP contribution in [0.25, 0.3) is 33.4 Å². The zero-order valence-corrected chi connectivity index (χ0v) is 25.6. The first kappa shape index (κ1) is 29.9. The quantitative estimate of drug-likeness (QED) is 0.231. The van der Waals surface area contributed by atoms with Crippen LogP contribution in [0, 0.1) is 19.7 Å². The molecule has 1 fully saturated rings. The summed E-state index contributed by atoms with van der Waals surface area (Å²) in [5.74, 6) is 0.740. The minimum atomic E-state index is -0.544. The number of carbonyl (C=O) groups is 2. The van der Waals surface area contributed by atoms with Crippen LogP contribution in [0.3, 0.4) is 0 Å². The van der Waals surface area contributed by atoms with E-state index in [2.05, 4.69) is 45.8 Å². The van der Waals surface area contributed by atoms with Gasteiger partial charge in [-0.3, -0.25) is 9.48 Å². The fraction of sp³-hybridized carbons (Fsp3) is 0.265. The highest BCUT2D eigenvalue weighted by atomic mass is 19.1. The van der Waals surface area contributed by atoms with Crippen LogP contribution in [-0.4, -0.2) is 57.9 Å². The summed E-state index contributed by atoms with van der Waals surface area (Å²) in [4.78, 5) is 36.2. The number of halogens is 1. The standard InChI is InChI=1S/C34H34FN7O3/c1-20(43)17-24-7-11-27(19-29(24)35)37-34(44)36-26-9-5-23(6-10-26)32-38-30-18-25(31-21(2)40-41(4)22(31)3)8-12-28(30)33(39-32)42-13-15-45-16-14-42/h5-12,18-19H,13-17H2,1-4H3,(H2,36,37,44). The van der Waals surface area contributed by atoms with Gasteiger partial charge in [0.2, 0.25) is 0 Å². The van der Waals surface area contributed by atoms with Gasteiger partial charge in [-0.15, -0.1) is 0 Å². The molecule has 5 aromatic rings. The molecule has 1 saturated heterocycles. The second-order valence-electron chi connectivity index (χ2n) is 11.2. The number of anilines is 3. The number of ether oxygens (including phenoxy) is 1. The van der Waals surface area contributed by atoms with Gasteiger partial charge in [0.1, 0.15) is 17.4 Å². The van der Waals surface area contributed by atoms with Crippen molar-refractivity contribution in [2.75, 3.05) is 41.8 Å². The first-order valence-corrected chi connectivity index (χ1v) is 14.8. The second-order valence-corrected chi connectivity index (χ2v) is 11.2. The number of benzene rings is 3. The highest BCUT2D eigenvalue weighted by Crippen LogP contribution is 2.34. The van der Waals surface area contributed by atoms with Gasteiger partial charge >= 0.3 is 6.03 Å². The maximum atomic E-state index is 14.3. The van der Waals surface area contributed by atoms with Crippen LogP contribution in [0.5, 0.6) is 0 Å². The topological polar surface area (TPSA) is 114 Å². The van der Waals surface area contributed by atoms with E-state index in [1.54, 1.807) is 18.2 Å². The Morgan fingerprint density at radius 2 is 1.60 bits per heavy atom. The largest absolute Gasteiger partial charge is 0.378 e. The molecule has 2 amide bonds. The summed E-state index contributed by atoms with van der Waals surface area (Å²) in [6.45, 7) is 8.20. The van der Waals surface area contributed by atoms with Gasteiger partial charge in [0, 0.05) is 60.1 Å². The summed E-state index contributed by atoms with van der Waals surface area (Å²) in [5, 5.41) is 11.0. The monoisotopic (exact) mass is 607 g/mol. The number of fused-ring (bicyclic) bond motifs is 1. The molecule has 0 spiro atoms. The van der Waals surface area contributed by atoms with Crippen molar-refractivity contribution in [2.45, 2.75) is 27.2 Å². The number of amides is 2. The Balaban J connectivity index is 1.27. The third kappa shape index (κ3) is 6.39. The number of urea groups is 1. The van der Waals surface area contributed by atoms with Crippen LogP contribution in [0.4, 0.5) is 26.4 Å². The lowest BCUT2D eigenvalue weighted by Gasteiger charge is -2.29. The van der Waals surface area contributed by atoms with E-state index < -0.39 is 11.8 Å². The minimum absolute atomic E-state index is 0.00450. The van der Waals surface area contributed by atoms with Crippen LogP contribution < -0.4 is 15.5 Å². The summed E-state index contributed by atoms with van der Waals surface area (Å²) >= 11 is 0. The Bertz CT molecular complexity index is 1910. The fourth-order valence-electron chi connectivity index (χ4n) is 5.64. The number of carbonyl (C=O) groups excluding carboxylic acids is 2. The number of morpholine rings is 1. The Labute approximate surface area is 260 Å². The van der Waals surface area contributed by atoms with Crippen LogP contribution in [0.2, 0.25) is 0 Å². The third-order valence-corrected chi connectivity index (χ3v) is 7.94. The summed E-state index contributed by atoms with van der Waals surface area (Å²) < 4.78 is 21.8. The van der Waals surface area contributed by atoms with Crippen LogP contribution in [0.1, 0.15) is 23.9 Å². The number of ketones is 1. The minimum Gasteiger partial charge on any atom is -0.378 e. The molecule has 0 aliphatic carbocycles. The number of aryl methyl sites for hydroxylation is 2. The molecule has 11 heteroatoms. The SMILES string of the molecule is CC(=O)Cc1ccc(NC(=O)Nc2ccc(-c3nc(N4CCOCC4)c4ccc(-c5c(C)nn(C)c5C)cc4n3)cc2)cc1F. The average Bonchev–Trinajstić information content (AvgIpc) is 3.28. The van der Waals surface area contributed by atoms with Crippen molar-refractivity contribution in [2.24, 2.45) is 7.05 Å². The smallest absolute Gasteiger partial charge is 0.323 e. The zero-order valence-electron chi connectivity index (χ0n) is 25.6. The molecule has 0 bridgehead atoms. The molecular formula is C34H34FN7O3. The van der Waals surface area contributed by atoms with Crippen molar-refractivity contribution in [3.63, 3.8) is 0 Å². The molecule has 1 aliphatic heterocycles. The van der Waals surface area contributed by atoms with Crippen molar-refractivity contribution in [3.05, 3.63) is 83.4 Å². The van der Waals surface area contributed by atoms with Gasteiger partial charge in [0.25, 0.3) is 0 Å². The van der Waals surface area contributed by atoms with Crippen molar-refractivity contribution < 1.29 is 18.7 Å². The molecule has 2 N–H and O–H groups in total. The van der Waals surface area contributed by atoms with Gasteiger partial charge < -0.3 is 20.3 Å². The van der Waals surface area contributed by atoms with E-state index >= 15 is 0 Å². The molecule has 2 aromatic heterocycles. The van der Waals surface area contributed by atoms with Gasteiger partial charge in [-0.05, 0) is 80.4 Å². The van der Waals surface area contributed by atoms with Gasteiger partial charge in [-0.2, -0.15) is 5.10 Å². The van der Waals surface area contributed by atoms with Crippen LogP contribution in [0.15, 0.2) is 60.7 Å². The van der Waals surface area contributed by atoms with E-state index in [0.29, 0.717) is 24.7 Å². The lowest BCUT2D eigenvalue weighted by atomic mass is 10.0. The highest BCUT2D eigenvalue weighted by Gasteiger charge is 2.20. The van der Waals surface area contributed by atoms with Gasteiger partial charge in [-0.1, -0.05) is 12.1 Å². The van der Waals surface area contributed by atoms with Gasteiger partial charge in [-0.25, -0.2) is 19.2 Å². The third-order valence-electron chi connectivity index (χ3n) is 7.94. The Kier molecular flexibility index (Phi) is 8.27. The second kappa shape index (κ2) is 12.4. The van der Waals surface area contributed by atoms with E-state index in [0.717, 1.165) is 57.9 Å². The lowest BCUT2D eigenvalue weighted by molar-refractivity contribution is -0.116. The first-order chi connectivity index (χ1) is 21.7. The molecule has 1 aliphatic rings. The molecule has 0 atom stereocenters. The normalized spacial score (nSPS) is 13.2. The molecule has 3 heterocycles. The highest BCUT2D eigenvalue weighted by molar-refractivity contribution is 6.00. The molecule has 0 radical (unpaired) electrons. The number of hydrogen-bond donors (Lipinski definition) is 2. The number of hydrogen-bond acceptors (Lipinski definition) is 7. The van der Waals surface area contributed by atoms with Crippen molar-refractivity contribution in [3.8, 4) is 22.5 Å². The van der Waals surface area contributed by atoms with Crippen LogP contribution in [-0.2, 0) is 23.0 Å². The molecular weight excluding hydrogens is 573 g/mol. The molecule has 45 heavy (non-hydrogen) atoms. The summed E-state index contributed by atoms with van der Waals surface area (Å²) in [7, 11) is 1.94. The molecule has 10 nitrogen and oxygen atoms in total. The maximum Gasteiger partial charge on any atom is 0.323 e. The lowest BCUT2D eigenvalue weighted by Crippen LogP contribution is -2.37. The molecule has 0 saturated carbocycles. The summed E-state index contributed by atoms with van der Waals surface area (Å²) in [5.41, 5.74) is 6.91. The molecule has 0 unspecified atom stereocenters. The Morgan fingerprint density at radius 3 is 2.27 bits per heavy atom. The van der Waals surface area contributed by atoms with Crippen LogP contribution >= 0.6 is 0 Å². The maximum absolute atomic E-state index is 14.3. The summed E-state index contributed by atoms with van der Waals surface area (Å²) in [6.07, 6.45) is 0.00450. The molecule has 3 aromatic carbocycles. The first-order valence-electron chi connectivity index (χ1n) is 14.8. The van der Waals surface area contributed by atoms with E-state index in [-0.39, 0.29) is 23.5 Å². The Morgan fingerprint density at radius 1 is 0.911 bits per heavy atom. The van der Waals surface area contributed by atoms with Crippen molar-refractivity contribution in [1.29, 1.82) is 0 Å². The van der Waals surface area contributed by atoms with Crippen molar-refractivity contribution in [1.82, 2.24) is 19.7 Å². The molecule has 6 rings (SSSR count). The fourth-order valence-corrected chi connectivity index (χ4v) is 5.64. The number of Topliss-reactive ketones (excluding diaryl/α,β-unsaturated/α-hetero) is 1. The van der Waals surface area contributed by atoms with E-state index in [1.165, 1.54) is 19.1 Å². The van der Waals surface area contributed by atoms with E-state index in [4.69, 9.17) is 14.7 Å².